The number of ether oxygens (including phenoxy) is 1. The van der Waals surface area contributed by atoms with Gasteiger partial charge in [-0.05, 0) is 13.8 Å². The average Bonchev–Trinajstić information content (AvgIpc) is 2.85. The van der Waals surface area contributed by atoms with Crippen LogP contribution in [0.1, 0.15) is 27.0 Å². The summed E-state index contributed by atoms with van der Waals surface area (Å²) in [5.74, 6) is 1.04. The van der Waals surface area contributed by atoms with Gasteiger partial charge in [0, 0.05) is 24.8 Å². The standard InChI is InChI=1S/C12H16N2O3S/c1-6-4-14(11(16)13-9(6)15)10-8-7(2)12(3,17-10)5-18-8/h4,7-8,10H,5H2,1-3H3,(H,13,15,16)/t7-,8+,10+,12-/m0/s1/i3D. The second kappa shape index (κ2) is 3.74. The molecule has 5 nitrogen and oxygen atoms in total. The molecule has 4 atom stereocenters. The van der Waals surface area contributed by atoms with Gasteiger partial charge in [0.25, 0.3) is 5.56 Å². The van der Waals surface area contributed by atoms with Crippen LogP contribution in [0.4, 0.5) is 0 Å². The van der Waals surface area contributed by atoms with Crippen molar-refractivity contribution in [3.05, 3.63) is 32.6 Å². The number of aromatic amines is 1. The van der Waals surface area contributed by atoms with Crippen LogP contribution in [0, 0.1) is 12.8 Å². The molecule has 6 heteroatoms. The van der Waals surface area contributed by atoms with E-state index in [1.165, 1.54) is 4.57 Å². The van der Waals surface area contributed by atoms with E-state index in [4.69, 9.17) is 6.11 Å². The summed E-state index contributed by atoms with van der Waals surface area (Å²) < 4.78 is 15.2. The second-order valence-electron chi connectivity index (χ2n) is 5.12. The topological polar surface area (TPSA) is 64.1 Å². The number of fused-ring (bicyclic) bond motifs is 2. The molecule has 0 amide bonds. The first-order valence-electron chi connectivity index (χ1n) is 6.60. The van der Waals surface area contributed by atoms with E-state index in [1.807, 2.05) is 0 Å². The quantitative estimate of drug-likeness (QED) is 0.822. The Bertz CT molecular complexity index is 628. The average molecular weight is 269 g/mol. The van der Waals surface area contributed by atoms with Crippen molar-refractivity contribution in [3.63, 3.8) is 0 Å². The van der Waals surface area contributed by atoms with Gasteiger partial charge in [-0.3, -0.25) is 14.3 Å². The summed E-state index contributed by atoms with van der Waals surface area (Å²) in [6.45, 7) is 3.94. The number of hydrogen-bond acceptors (Lipinski definition) is 4. The van der Waals surface area contributed by atoms with E-state index < -0.39 is 11.3 Å². The fourth-order valence-corrected chi connectivity index (χ4v) is 4.27. The molecular formula is C12H16N2O3S. The minimum Gasteiger partial charge on any atom is -0.349 e. The van der Waals surface area contributed by atoms with Crippen molar-refractivity contribution in [1.29, 1.82) is 0 Å². The van der Waals surface area contributed by atoms with Crippen molar-refractivity contribution in [2.24, 2.45) is 5.92 Å². The molecule has 98 valence electrons. The number of H-pyrrole nitrogens is 1. The number of nitrogens with zero attached hydrogens (tertiary/aromatic N) is 1. The number of hydrogen-bond donors (Lipinski definition) is 1. The van der Waals surface area contributed by atoms with Crippen LogP contribution in [-0.4, -0.2) is 26.2 Å². The zero-order chi connectivity index (χ0) is 13.8. The van der Waals surface area contributed by atoms with E-state index in [0.717, 1.165) is 5.75 Å². The van der Waals surface area contributed by atoms with E-state index in [-0.39, 0.29) is 29.9 Å². The molecule has 0 radical (unpaired) electrons. The van der Waals surface area contributed by atoms with Gasteiger partial charge < -0.3 is 4.74 Å². The summed E-state index contributed by atoms with van der Waals surface area (Å²) in [6, 6.07) is 0. The van der Waals surface area contributed by atoms with Gasteiger partial charge in [0.2, 0.25) is 0 Å². The molecule has 0 spiro atoms. The molecule has 0 aromatic carbocycles. The Hall–Kier alpha value is -1.01. The third kappa shape index (κ3) is 1.52. The van der Waals surface area contributed by atoms with Crippen LogP contribution in [0.5, 0.6) is 0 Å². The Morgan fingerprint density at radius 3 is 3.11 bits per heavy atom. The monoisotopic (exact) mass is 269 g/mol. The molecule has 2 saturated heterocycles. The molecular weight excluding hydrogens is 252 g/mol. The Kier molecular flexibility index (Phi) is 2.26. The maximum atomic E-state index is 11.9. The molecule has 0 unspecified atom stereocenters. The molecule has 2 aliphatic rings. The Morgan fingerprint density at radius 1 is 1.67 bits per heavy atom. The second-order valence-corrected chi connectivity index (χ2v) is 6.28. The van der Waals surface area contributed by atoms with Crippen LogP contribution in [0.25, 0.3) is 0 Å². The van der Waals surface area contributed by atoms with Crippen LogP contribution in [0.2, 0.25) is 0 Å². The first-order chi connectivity index (χ1) is 8.98. The van der Waals surface area contributed by atoms with Gasteiger partial charge in [-0.2, -0.15) is 11.8 Å². The van der Waals surface area contributed by atoms with Crippen LogP contribution in [0.15, 0.2) is 15.8 Å². The molecule has 2 bridgehead atoms. The van der Waals surface area contributed by atoms with Gasteiger partial charge in [0.15, 0.2) is 6.23 Å². The molecule has 0 aliphatic carbocycles. The van der Waals surface area contributed by atoms with Crippen LogP contribution in [0.3, 0.4) is 0 Å². The molecule has 2 fully saturated rings. The first-order valence-corrected chi connectivity index (χ1v) is 6.94. The molecule has 3 rings (SSSR count). The van der Waals surface area contributed by atoms with Crippen LogP contribution >= 0.6 is 11.8 Å². The maximum absolute atomic E-state index is 11.9. The Labute approximate surface area is 110 Å². The van der Waals surface area contributed by atoms with Gasteiger partial charge >= 0.3 is 5.69 Å². The fraction of sp³-hybridized carbons (Fsp3) is 0.667. The predicted octanol–water partition coefficient (Wildman–Crippen LogP) is 0.884. The van der Waals surface area contributed by atoms with E-state index in [0.29, 0.717) is 5.56 Å². The van der Waals surface area contributed by atoms with Crippen molar-refractivity contribution >= 4 is 11.8 Å². The smallest absolute Gasteiger partial charge is 0.330 e. The third-order valence-electron chi connectivity index (χ3n) is 3.90. The molecule has 2 aliphatic heterocycles. The summed E-state index contributed by atoms with van der Waals surface area (Å²) in [5, 5.41) is 0.161. The SMILES string of the molecule is [2H]C[C@@]12CS[C@@H]([C@H](n3cc(C)c(=O)[nH]c3=O)O1)[C@@H]2C. The largest absolute Gasteiger partial charge is 0.349 e. The van der Waals surface area contributed by atoms with Gasteiger partial charge in [-0.1, -0.05) is 6.92 Å². The molecule has 3 heterocycles. The number of aromatic nitrogens is 2. The van der Waals surface area contributed by atoms with Crippen molar-refractivity contribution in [2.75, 3.05) is 5.75 Å². The number of rotatable bonds is 1. The highest BCUT2D eigenvalue weighted by molar-refractivity contribution is 8.00. The lowest BCUT2D eigenvalue weighted by Crippen LogP contribution is -2.38. The van der Waals surface area contributed by atoms with Crippen molar-refractivity contribution in [3.8, 4) is 0 Å². The van der Waals surface area contributed by atoms with Gasteiger partial charge in [0.05, 0.1) is 10.9 Å². The van der Waals surface area contributed by atoms with Crippen molar-refractivity contribution in [1.82, 2.24) is 9.55 Å². The third-order valence-corrected chi connectivity index (χ3v) is 5.58. The van der Waals surface area contributed by atoms with Crippen LogP contribution in [-0.2, 0) is 4.74 Å². The highest BCUT2D eigenvalue weighted by Gasteiger charge is 2.56. The fourth-order valence-electron chi connectivity index (χ4n) is 2.58. The highest BCUT2D eigenvalue weighted by Crippen LogP contribution is 2.54. The predicted molar refractivity (Wildman–Crippen MR) is 70.0 cm³/mol. The summed E-state index contributed by atoms with van der Waals surface area (Å²) in [7, 11) is 0. The normalized spacial score (nSPS) is 39.0. The van der Waals surface area contributed by atoms with Crippen molar-refractivity contribution in [2.45, 2.75) is 37.8 Å². The van der Waals surface area contributed by atoms with Gasteiger partial charge in [0.1, 0.15) is 0 Å². The first kappa shape index (κ1) is 10.9. The lowest BCUT2D eigenvalue weighted by Gasteiger charge is -2.28. The van der Waals surface area contributed by atoms with Gasteiger partial charge in [-0.15, -0.1) is 0 Å². The minimum atomic E-state index is -0.455. The van der Waals surface area contributed by atoms with E-state index in [2.05, 4.69) is 11.9 Å². The van der Waals surface area contributed by atoms with E-state index in [1.54, 1.807) is 24.9 Å². The number of thioether (sulfide) groups is 1. The van der Waals surface area contributed by atoms with Crippen molar-refractivity contribution < 1.29 is 6.11 Å². The van der Waals surface area contributed by atoms with Crippen LogP contribution < -0.4 is 11.2 Å². The lowest BCUT2D eigenvalue weighted by molar-refractivity contribution is -0.0612. The summed E-state index contributed by atoms with van der Waals surface area (Å²) in [6.07, 6.45) is 1.17. The maximum Gasteiger partial charge on any atom is 0.330 e. The van der Waals surface area contributed by atoms with E-state index in [9.17, 15) is 9.59 Å². The van der Waals surface area contributed by atoms with Gasteiger partial charge in [-0.25, -0.2) is 4.79 Å². The molecule has 1 aromatic rings. The molecule has 1 aromatic heterocycles. The highest BCUT2D eigenvalue weighted by atomic mass is 32.2. The number of aryl methyl sites for hydroxylation is 1. The Morgan fingerprint density at radius 2 is 2.44 bits per heavy atom. The minimum absolute atomic E-state index is 0.161. The lowest BCUT2D eigenvalue weighted by atomic mass is 9.93. The molecule has 1 N–H and O–H groups in total. The molecule has 0 saturated carbocycles. The Balaban J connectivity index is 2.04. The zero-order valence-electron chi connectivity index (χ0n) is 11.3. The van der Waals surface area contributed by atoms with E-state index >= 15 is 0 Å². The molecule has 18 heavy (non-hydrogen) atoms. The summed E-state index contributed by atoms with van der Waals surface area (Å²) in [4.78, 5) is 25.6. The summed E-state index contributed by atoms with van der Waals surface area (Å²) >= 11 is 1.75. The number of nitrogens with one attached hydrogen (secondary N) is 1. The summed E-state index contributed by atoms with van der Waals surface area (Å²) in [5.41, 5.74) is -0.770. The zero-order valence-corrected chi connectivity index (χ0v) is 11.1.